The number of pyridine rings is 1. The molecule has 1 N–H and O–H groups in total. The Balaban J connectivity index is 2.95. The van der Waals surface area contributed by atoms with Crippen LogP contribution in [-0.4, -0.2) is 29.6 Å². The predicted octanol–water partition coefficient (Wildman–Crippen LogP) is 0.288. The number of esters is 1. The summed E-state index contributed by atoms with van der Waals surface area (Å²) in [4.78, 5) is 34.1. The summed E-state index contributed by atoms with van der Waals surface area (Å²) in [6.45, 7) is 1.31. The van der Waals surface area contributed by atoms with E-state index in [0.717, 1.165) is 0 Å². The molecule has 0 aromatic carbocycles. The van der Waals surface area contributed by atoms with Crippen molar-refractivity contribution in [2.24, 2.45) is 0 Å². The fourth-order valence-electron chi connectivity index (χ4n) is 1.41. The lowest BCUT2D eigenvalue weighted by Gasteiger charge is -2.16. The van der Waals surface area contributed by atoms with Gasteiger partial charge in [0.25, 0.3) is 5.56 Å². The molecule has 7 heteroatoms. The van der Waals surface area contributed by atoms with Crippen LogP contribution in [0.15, 0.2) is 27.6 Å². The lowest BCUT2D eigenvalue weighted by atomic mass is 10.3. The molecule has 1 heterocycles. The topological polar surface area (TPSA) is 77.4 Å². The first kappa shape index (κ1) is 14.4. The van der Waals surface area contributed by atoms with Crippen LogP contribution in [0.25, 0.3) is 0 Å². The Bertz CT molecular complexity index is 512. The van der Waals surface area contributed by atoms with Crippen LogP contribution in [-0.2, 0) is 20.9 Å². The van der Waals surface area contributed by atoms with Gasteiger partial charge in [0.15, 0.2) is 0 Å². The van der Waals surface area contributed by atoms with Crippen LogP contribution in [0.1, 0.15) is 6.92 Å². The summed E-state index contributed by atoms with van der Waals surface area (Å²) in [5, 5.41) is 2.44. The second-order valence-corrected chi connectivity index (χ2v) is 4.53. The van der Waals surface area contributed by atoms with Crippen molar-refractivity contribution in [1.29, 1.82) is 0 Å². The molecular formula is C11H13BrN2O4. The summed E-state index contributed by atoms with van der Waals surface area (Å²) in [7, 11) is 1.22. The molecule has 0 spiro atoms. The maximum Gasteiger partial charge on any atom is 0.330 e. The Morgan fingerprint density at radius 2 is 2.17 bits per heavy atom. The van der Waals surface area contributed by atoms with Crippen molar-refractivity contribution in [3.8, 4) is 0 Å². The molecule has 1 amide bonds. The van der Waals surface area contributed by atoms with Crippen LogP contribution in [0, 0.1) is 0 Å². The zero-order valence-electron chi connectivity index (χ0n) is 9.97. The lowest BCUT2D eigenvalue weighted by Crippen LogP contribution is -2.45. The summed E-state index contributed by atoms with van der Waals surface area (Å²) in [6.07, 6.45) is 1.54. The van der Waals surface area contributed by atoms with E-state index in [2.05, 4.69) is 26.0 Å². The normalized spacial score (nSPS) is 11.7. The summed E-state index contributed by atoms with van der Waals surface area (Å²) >= 11 is 3.23. The smallest absolute Gasteiger partial charge is 0.330 e. The molecule has 0 bridgehead atoms. The summed E-state index contributed by atoms with van der Waals surface area (Å²) in [5.41, 5.74) is -0.266. The molecule has 1 aromatic rings. The molecule has 0 aliphatic rings. The molecule has 0 aliphatic carbocycles. The van der Waals surface area contributed by atoms with E-state index in [1.54, 1.807) is 12.3 Å². The molecule has 1 aromatic heterocycles. The molecule has 98 valence electrons. The van der Waals surface area contributed by atoms with E-state index < -0.39 is 12.0 Å². The lowest BCUT2D eigenvalue weighted by molar-refractivity contribution is -0.145. The van der Waals surface area contributed by atoms with Gasteiger partial charge in [0, 0.05) is 23.7 Å². The minimum atomic E-state index is -0.889. The molecule has 18 heavy (non-hydrogen) atoms. The van der Waals surface area contributed by atoms with Gasteiger partial charge < -0.3 is 14.6 Å². The minimum absolute atomic E-state index is 0.0184. The van der Waals surface area contributed by atoms with Gasteiger partial charge in [-0.2, -0.15) is 0 Å². The minimum Gasteiger partial charge on any atom is -0.467 e. The van der Waals surface area contributed by atoms with E-state index in [9.17, 15) is 14.4 Å². The highest BCUT2D eigenvalue weighted by Crippen LogP contribution is 2.05. The third kappa shape index (κ3) is 3.99. The molecule has 0 saturated carbocycles. The summed E-state index contributed by atoms with van der Waals surface area (Å²) in [6, 6.07) is 2.08. The van der Waals surface area contributed by atoms with Gasteiger partial charge in [0.2, 0.25) is 5.91 Å². The number of carbonyl (C=O) groups excluding carboxylic acids is 2. The highest BCUT2D eigenvalue weighted by atomic mass is 79.9. The largest absolute Gasteiger partial charge is 0.467 e. The first-order chi connectivity index (χ1) is 8.43. The van der Waals surface area contributed by atoms with Crippen molar-refractivity contribution in [3.63, 3.8) is 0 Å². The van der Waals surface area contributed by atoms with E-state index in [-0.39, 0.29) is 18.0 Å². The Morgan fingerprint density at radius 3 is 2.72 bits per heavy atom. The van der Waals surface area contributed by atoms with Crippen molar-refractivity contribution < 1.29 is 14.3 Å². The number of carbonyl (C=O) groups is 2. The van der Waals surface area contributed by atoms with E-state index >= 15 is 0 Å². The molecule has 0 radical (unpaired) electrons. The zero-order chi connectivity index (χ0) is 13.7. The van der Waals surface area contributed by atoms with E-state index in [1.807, 2.05) is 0 Å². The molecule has 1 atom stereocenters. The first-order valence-electron chi connectivity index (χ1n) is 5.15. The van der Waals surface area contributed by atoms with Crippen molar-refractivity contribution in [1.82, 2.24) is 9.88 Å². The fourth-order valence-corrected chi connectivity index (χ4v) is 1.79. The van der Waals surface area contributed by atoms with Crippen LogP contribution in [0.4, 0.5) is 0 Å². The van der Waals surface area contributed by atoms with Gasteiger partial charge in [-0.3, -0.25) is 9.59 Å². The number of amides is 1. The van der Waals surface area contributed by atoms with Gasteiger partial charge >= 0.3 is 5.97 Å². The summed E-state index contributed by atoms with van der Waals surface area (Å²) < 4.78 is 6.60. The predicted molar refractivity (Wildman–Crippen MR) is 68.0 cm³/mol. The average molecular weight is 317 g/mol. The fraction of sp³-hybridized carbons (Fsp3) is 0.364. The number of nitrogens with zero attached hydrogens (tertiary/aromatic N) is 1. The van der Waals surface area contributed by atoms with E-state index in [4.69, 9.17) is 0 Å². The number of hydrogen-bond donors (Lipinski definition) is 1. The number of rotatable bonds is 4. The van der Waals surface area contributed by atoms with Crippen LogP contribution in [0.3, 0.4) is 0 Å². The van der Waals surface area contributed by atoms with Gasteiger partial charge in [-0.1, -0.05) is 0 Å². The van der Waals surface area contributed by atoms with Crippen LogP contribution >= 0.6 is 15.9 Å². The van der Waals surface area contributed by atoms with E-state index in [0.29, 0.717) is 4.47 Å². The number of ether oxygens (including phenoxy) is 1. The number of hydrogen-bond acceptors (Lipinski definition) is 4. The Morgan fingerprint density at radius 1 is 1.50 bits per heavy atom. The highest BCUT2D eigenvalue weighted by molar-refractivity contribution is 9.10. The van der Waals surface area contributed by atoms with Crippen molar-refractivity contribution in [3.05, 3.63) is 33.2 Å². The Hall–Kier alpha value is -1.63. The standard InChI is InChI=1S/C11H13BrN2O4/c1-7(15)13-9(11(17)18-2)6-14-5-8(12)3-4-10(14)16/h3-5,9H,6H2,1-2H3,(H,13,15). The maximum absolute atomic E-state index is 11.6. The first-order valence-corrected chi connectivity index (χ1v) is 5.94. The SMILES string of the molecule is COC(=O)C(Cn1cc(Br)ccc1=O)NC(C)=O. The van der Waals surface area contributed by atoms with E-state index in [1.165, 1.54) is 24.7 Å². The van der Waals surface area contributed by atoms with Gasteiger partial charge in [-0.05, 0) is 22.0 Å². The molecule has 0 aliphatic heterocycles. The highest BCUT2D eigenvalue weighted by Gasteiger charge is 2.21. The number of halogens is 1. The third-order valence-corrected chi connectivity index (χ3v) is 2.66. The van der Waals surface area contributed by atoms with Crippen molar-refractivity contribution in [2.45, 2.75) is 19.5 Å². The summed E-state index contributed by atoms with van der Waals surface area (Å²) in [5.74, 6) is -0.967. The van der Waals surface area contributed by atoms with Crippen LogP contribution < -0.4 is 10.9 Å². The monoisotopic (exact) mass is 316 g/mol. The quantitative estimate of drug-likeness (QED) is 0.810. The molecular weight excluding hydrogens is 304 g/mol. The number of aromatic nitrogens is 1. The molecule has 1 rings (SSSR count). The Labute approximate surface area is 112 Å². The average Bonchev–Trinajstić information content (AvgIpc) is 2.31. The number of methoxy groups -OCH3 is 1. The third-order valence-electron chi connectivity index (χ3n) is 2.19. The van der Waals surface area contributed by atoms with Gasteiger partial charge in [0.05, 0.1) is 13.7 Å². The van der Waals surface area contributed by atoms with Crippen molar-refractivity contribution >= 4 is 27.8 Å². The Kier molecular flexibility index (Phi) is 5.08. The zero-order valence-corrected chi connectivity index (χ0v) is 11.6. The molecule has 6 nitrogen and oxygen atoms in total. The van der Waals surface area contributed by atoms with Gasteiger partial charge in [0.1, 0.15) is 6.04 Å². The molecule has 0 saturated heterocycles. The maximum atomic E-state index is 11.6. The molecule has 0 fully saturated rings. The van der Waals surface area contributed by atoms with Crippen molar-refractivity contribution in [2.75, 3.05) is 7.11 Å². The molecule has 1 unspecified atom stereocenters. The number of nitrogens with one attached hydrogen (secondary N) is 1. The second kappa shape index (κ2) is 6.34. The van der Waals surface area contributed by atoms with Crippen LogP contribution in [0.2, 0.25) is 0 Å². The van der Waals surface area contributed by atoms with Crippen LogP contribution in [0.5, 0.6) is 0 Å². The van der Waals surface area contributed by atoms with Gasteiger partial charge in [-0.25, -0.2) is 4.79 Å². The van der Waals surface area contributed by atoms with Gasteiger partial charge in [-0.15, -0.1) is 0 Å². The second-order valence-electron chi connectivity index (χ2n) is 3.61.